The molecule has 260 valence electrons. The second-order valence-corrected chi connectivity index (χ2v) is 14.6. The third kappa shape index (κ3) is 4.95. The lowest BCUT2D eigenvalue weighted by Gasteiger charge is -2.22. The molecule has 0 N–H and O–H groups in total. The summed E-state index contributed by atoms with van der Waals surface area (Å²) >= 11 is 0. The van der Waals surface area contributed by atoms with E-state index in [9.17, 15) is 0 Å². The van der Waals surface area contributed by atoms with Crippen LogP contribution in [0.5, 0.6) is 0 Å². The van der Waals surface area contributed by atoms with Crippen molar-refractivity contribution < 1.29 is 8.83 Å². The Hall–Kier alpha value is -7.18. The molecule has 1 aliphatic rings. The van der Waals surface area contributed by atoms with Gasteiger partial charge in [-0.25, -0.2) is 19.9 Å². The molecule has 3 aromatic heterocycles. The van der Waals surface area contributed by atoms with Gasteiger partial charge in [0, 0.05) is 44.0 Å². The van der Waals surface area contributed by atoms with Gasteiger partial charge in [0.15, 0.2) is 23.1 Å². The van der Waals surface area contributed by atoms with E-state index in [2.05, 4.69) is 68.4 Å². The minimum Gasteiger partial charge on any atom is -0.456 e. The summed E-state index contributed by atoms with van der Waals surface area (Å²) < 4.78 is 13.2. The first-order valence-electron chi connectivity index (χ1n) is 18.5. The molecule has 6 nitrogen and oxygen atoms in total. The van der Waals surface area contributed by atoms with Crippen molar-refractivity contribution in [3.8, 4) is 67.9 Å². The van der Waals surface area contributed by atoms with Crippen molar-refractivity contribution in [2.75, 3.05) is 0 Å². The predicted molar refractivity (Wildman–Crippen MR) is 219 cm³/mol. The smallest absolute Gasteiger partial charge is 0.227 e. The number of oxazole rings is 1. The fourth-order valence-electron chi connectivity index (χ4n) is 8.23. The summed E-state index contributed by atoms with van der Waals surface area (Å²) in [6.45, 7) is 4.59. The molecule has 0 amide bonds. The van der Waals surface area contributed by atoms with Gasteiger partial charge in [-0.15, -0.1) is 0 Å². The van der Waals surface area contributed by atoms with E-state index in [0.717, 1.165) is 77.5 Å². The fourth-order valence-corrected chi connectivity index (χ4v) is 8.23. The molecule has 7 aromatic carbocycles. The first-order chi connectivity index (χ1) is 27.0. The minimum atomic E-state index is -0.285. The Labute approximate surface area is 316 Å². The fraction of sp³-hybridized carbons (Fsp3) is 0.0612. The summed E-state index contributed by atoms with van der Waals surface area (Å²) in [4.78, 5) is 20.0. The number of hydrogen-bond donors (Lipinski definition) is 0. The molecule has 6 heteroatoms. The molecule has 0 saturated heterocycles. The number of nitrogens with zero attached hydrogens (tertiary/aromatic N) is 4. The normalized spacial score (nSPS) is 13.1. The molecule has 11 rings (SSSR count). The highest BCUT2D eigenvalue weighted by molar-refractivity contribution is 6.14. The molecule has 55 heavy (non-hydrogen) atoms. The second kappa shape index (κ2) is 11.9. The molecule has 0 fully saturated rings. The van der Waals surface area contributed by atoms with Gasteiger partial charge in [-0.1, -0.05) is 129 Å². The number of hydrogen-bond acceptors (Lipinski definition) is 6. The van der Waals surface area contributed by atoms with Crippen LogP contribution in [0.25, 0.3) is 101 Å². The van der Waals surface area contributed by atoms with Gasteiger partial charge in [0.2, 0.25) is 5.89 Å². The Kier molecular flexibility index (Phi) is 6.79. The Morgan fingerprint density at radius 3 is 1.75 bits per heavy atom. The Bertz CT molecular complexity index is 3050. The van der Waals surface area contributed by atoms with E-state index >= 15 is 0 Å². The average Bonchev–Trinajstić information content (AvgIpc) is 3.91. The third-order valence-corrected chi connectivity index (χ3v) is 11.0. The van der Waals surface area contributed by atoms with Crippen LogP contribution in [0, 0.1) is 0 Å². The highest BCUT2D eigenvalue weighted by Gasteiger charge is 2.38. The van der Waals surface area contributed by atoms with Crippen molar-refractivity contribution in [3.63, 3.8) is 0 Å². The van der Waals surface area contributed by atoms with Crippen LogP contribution in [0.2, 0.25) is 0 Å². The van der Waals surface area contributed by atoms with Crippen molar-refractivity contribution in [2.24, 2.45) is 0 Å². The van der Waals surface area contributed by atoms with E-state index in [-0.39, 0.29) is 5.41 Å². The van der Waals surface area contributed by atoms with E-state index in [1.807, 2.05) is 103 Å². The first-order valence-corrected chi connectivity index (χ1v) is 18.5. The molecule has 10 aromatic rings. The Morgan fingerprint density at radius 2 is 1.05 bits per heavy atom. The zero-order valence-electron chi connectivity index (χ0n) is 30.1. The van der Waals surface area contributed by atoms with Gasteiger partial charge in [-0.2, -0.15) is 0 Å². The van der Waals surface area contributed by atoms with Crippen LogP contribution in [0.1, 0.15) is 25.0 Å². The Morgan fingerprint density at radius 1 is 0.436 bits per heavy atom. The molecule has 0 radical (unpaired) electrons. The van der Waals surface area contributed by atoms with Crippen LogP contribution in [-0.4, -0.2) is 19.9 Å². The van der Waals surface area contributed by atoms with Gasteiger partial charge in [-0.3, -0.25) is 0 Å². The molecule has 0 bridgehead atoms. The highest BCUT2D eigenvalue weighted by Crippen LogP contribution is 2.53. The predicted octanol–water partition coefficient (Wildman–Crippen LogP) is 12.6. The summed E-state index contributed by atoms with van der Waals surface area (Å²) in [5.74, 6) is 2.43. The zero-order chi connectivity index (χ0) is 36.7. The summed E-state index contributed by atoms with van der Waals surface area (Å²) in [6, 6.07) is 53.8. The van der Waals surface area contributed by atoms with Crippen LogP contribution < -0.4 is 0 Å². The SMILES string of the molecule is CC1(C)c2cc(-c3cc(-c4nc(-c5ccccc5)nc(-c5ccccc5)n4)cc4oc5ccccc5c34)ccc2-c2c1ccc1nc(-c3ccccc3)oc21. The highest BCUT2D eigenvalue weighted by atomic mass is 16.3. The molecule has 1 aliphatic carbocycles. The Balaban J connectivity index is 1.12. The van der Waals surface area contributed by atoms with Crippen LogP contribution in [-0.2, 0) is 5.41 Å². The lowest BCUT2D eigenvalue weighted by atomic mass is 9.81. The van der Waals surface area contributed by atoms with Gasteiger partial charge >= 0.3 is 0 Å². The number of para-hydroxylation sites is 1. The minimum absolute atomic E-state index is 0.285. The maximum absolute atomic E-state index is 6.59. The topological polar surface area (TPSA) is 77.8 Å². The summed E-state index contributed by atoms with van der Waals surface area (Å²) in [5, 5.41) is 2.11. The summed E-state index contributed by atoms with van der Waals surface area (Å²) in [7, 11) is 0. The van der Waals surface area contributed by atoms with E-state index < -0.39 is 0 Å². The number of furan rings is 1. The molecule has 0 spiro atoms. The molecule has 0 unspecified atom stereocenters. The summed E-state index contributed by atoms with van der Waals surface area (Å²) in [5.41, 5.74) is 13.5. The van der Waals surface area contributed by atoms with Gasteiger partial charge in [0.25, 0.3) is 0 Å². The molecular weight excluding hydrogens is 677 g/mol. The molecule has 3 heterocycles. The number of fused-ring (bicyclic) bond motifs is 8. The van der Waals surface area contributed by atoms with Crippen LogP contribution in [0.15, 0.2) is 167 Å². The zero-order valence-corrected chi connectivity index (χ0v) is 30.1. The molecule has 0 atom stereocenters. The monoisotopic (exact) mass is 708 g/mol. The van der Waals surface area contributed by atoms with Crippen LogP contribution >= 0.6 is 0 Å². The largest absolute Gasteiger partial charge is 0.456 e. The van der Waals surface area contributed by atoms with E-state index in [0.29, 0.717) is 23.4 Å². The van der Waals surface area contributed by atoms with Gasteiger partial charge in [0.1, 0.15) is 16.7 Å². The van der Waals surface area contributed by atoms with E-state index in [1.54, 1.807) is 0 Å². The standard InChI is InChI=1S/C49H32N4O2/c1-49(2)37-24-25-39-44(55-48(50-39)31-18-10-5-11-19-31)43(37)34-23-22-32(27-38(34)49)36-26-33(28-41-42(36)35-20-12-13-21-40(35)54-41)47-52-45(29-14-6-3-7-15-29)51-46(53-47)30-16-8-4-9-17-30/h3-28H,1-2H3. The number of aromatic nitrogens is 4. The third-order valence-electron chi connectivity index (χ3n) is 11.0. The lowest BCUT2D eigenvalue weighted by Crippen LogP contribution is -2.15. The van der Waals surface area contributed by atoms with E-state index in [1.165, 1.54) is 11.1 Å². The van der Waals surface area contributed by atoms with Crippen molar-refractivity contribution in [1.29, 1.82) is 0 Å². The number of benzene rings is 7. The van der Waals surface area contributed by atoms with Crippen molar-refractivity contribution in [3.05, 3.63) is 169 Å². The van der Waals surface area contributed by atoms with Crippen LogP contribution in [0.4, 0.5) is 0 Å². The number of rotatable bonds is 5. The first kappa shape index (κ1) is 31.4. The lowest BCUT2D eigenvalue weighted by molar-refractivity contribution is 0.618. The quantitative estimate of drug-likeness (QED) is 0.177. The van der Waals surface area contributed by atoms with Crippen LogP contribution in [0.3, 0.4) is 0 Å². The van der Waals surface area contributed by atoms with E-state index in [4.69, 9.17) is 28.8 Å². The summed E-state index contributed by atoms with van der Waals surface area (Å²) in [6.07, 6.45) is 0. The van der Waals surface area contributed by atoms with Crippen molar-refractivity contribution in [2.45, 2.75) is 19.3 Å². The van der Waals surface area contributed by atoms with Gasteiger partial charge < -0.3 is 8.83 Å². The second-order valence-electron chi connectivity index (χ2n) is 14.6. The van der Waals surface area contributed by atoms with Gasteiger partial charge in [-0.05, 0) is 70.3 Å². The molecule has 0 aliphatic heterocycles. The van der Waals surface area contributed by atoms with Crippen molar-refractivity contribution in [1.82, 2.24) is 19.9 Å². The van der Waals surface area contributed by atoms with Gasteiger partial charge in [0.05, 0.1) is 0 Å². The molecular formula is C49H32N4O2. The van der Waals surface area contributed by atoms with Crippen molar-refractivity contribution >= 4 is 33.0 Å². The maximum Gasteiger partial charge on any atom is 0.227 e. The molecule has 0 saturated carbocycles. The maximum atomic E-state index is 6.59. The average molecular weight is 709 g/mol.